The average Bonchev–Trinajstić information content (AvgIpc) is 3.40. The molecule has 1 amide bonds. The number of aromatic nitrogens is 2. The van der Waals surface area contributed by atoms with Crippen molar-refractivity contribution in [2.45, 2.75) is 12.8 Å². The molecule has 1 N–H and O–H groups in total. The Morgan fingerprint density at radius 3 is 2.47 bits per heavy atom. The Hall–Kier alpha value is -3.77. The number of Topliss-reactive ketones (excluding diaryl/α,β-unsaturated/α-hetero) is 1. The molecule has 5 rings (SSSR count). The lowest BCUT2D eigenvalue weighted by Crippen LogP contribution is -2.17. The molecule has 0 spiro atoms. The summed E-state index contributed by atoms with van der Waals surface area (Å²) in [5.41, 5.74) is 5.37. The maximum Gasteiger partial charge on any atom is 0.251 e. The van der Waals surface area contributed by atoms with Gasteiger partial charge in [-0.05, 0) is 42.3 Å². The fourth-order valence-corrected chi connectivity index (χ4v) is 4.84. The molecule has 32 heavy (non-hydrogen) atoms. The van der Waals surface area contributed by atoms with E-state index in [-0.39, 0.29) is 11.7 Å². The molecular formula is C26H21N3O2S. The van der Waals surface area contributed by atoms with Gasteiger partial charge in [-0.2, -0.15) is 0 Å². The summed E-state index contributed by atoms with van der Waals surface area (Å²) in [7, 11) is 1.62. The summed E-state index contributed by atoms with van der Waals surface area (Å²) in [5, 5.41) is 2.63. The van der Waals surface area contributed by atoms with Crippen LogP contribution in [0.2, 0.25) is 0 Å². The van der Waals surface area contributed by atoms with E-state index >= 15 is 0 Å². The van der Waals surface area contributed by atoms with Gasteiger partial charge in [0.2, 0.25) is 0 Å². The van der Waals surface area contributed by atoms with Crippen LogP contribution >= 0.6 is 11.3 Å². The molecule has 2 aromatic heterocycles. The summed E-state index contributed by atoms with van der Waals surface area (Å²) >= 11 is 1.57. The molecule has 0 saturated heterocycles. The highest BCUT2D eigenvalue weighted by Gasteiger charge is 2.14. The summed E-state index contributed by atoms with van der Waals surface area (Å²) in [6, 6.07) is 23.4. The van der Waals surface area contributed by atoms with Crippen LogP contribution < -0.4 is 5.32 Å². The molecule has 5 aromatic rings. The van der Waals surface area contributed by atoms with Gasteiger partial charge in [-0.25, -0.2) is 4.98 Å². The van der Waals surface area contributed by atoms with Gasteiger partial charge in [-0.15, -0.1) is 0 Å². The summed E-state index contributed by atoms with van der Waals surface area (Å²) in [4.78, 5) is 30.1. The van der Waals surface area contributed by atoms with Gasteiger partial charge in [-0.3, -0.25) is 14.0 Å². The highest BCUT2D eigenvalue weighted by molar-refractivity contribution is 7.23. The van der Waals surface area contributed by atoms with E-state index in [9.17, 15) is 9.59 Å². The Balaban J connectivity index is 1.38. The SMILES string of the molecule is CNC(=O)c1ccc(-c2cn3c(n2)sc2cc(C(=O)CCc4ccccc4)ccc23)cc1. The van der Waals surface area contributed by atoms with Gasteiger partial charge in [-0.1, -0.05) is 53.8 Å². The third kappa shape index (κ3) is 3.81. The van der Waals surface area contributed by atoms with E-state index in [1.807, 2.05) is 54.7 Å². The number of ketones is 1. The van der Waals surface area contributed by atoms with Crippen molar-refractivity contribution < 1.29 is 9.59 Å². The van der Waals surface area contributed by atoms with Crippen molar-refractivity contribution in [2.75, 3.05) is 7.05 Å². The molecule has 0 aliphatic carbocycles. The number of benzene rings is 3. The Kier molecular flexibility index (Phi) is 5.29. The lowest BCUT2D eigenvalue weighted by molar-refractivity contribution is 0.0960. The first kappa shape index (κ1) is 20.2. The topological polar surface area (TPSA) is 63.5 Å². The summed E-state index contributed by atoms with van der Waals surface area (Å²) in [6.07, 6.45) is 3.24. The van der Waals surface area contributed by atoms with E-state index in [4.69, 9.17) is 4.98 Å². The minimum atomic E-state index is -0.109. The first-order valence-corrected chi connectivity index (χ1v) is 11.3. The van der Waals surface area contributed by atoms with Crippen molar-refractivity contribution in [1.29, 1.82) is 0 Å². The standard InChI is InChI=1S/C26H21N3O2S/c1-27-25(31)19-10-8-18(9-11-19)21-16-29-22-13-12-20(15-24(22)32-26(29)28-21)23(30)14-7-17-5-3-2-4-6-17/h2-6,8-13,15-16H,7,14H2,1H3,(H,27,31). The van der Waals surface area contributed by atoms with Crippen LogP contribution in [-0.4, -0.2) is 28.1 Å². The molecule has 0 aliphatic heterocycles. The number of carbonyl (C=O) groups excluding carboxylic acids is 2. The van der Waals surface area contributed by atoms with Gasteiger partial charge in [0, 0.05) is 36.4 Å². The molecular weight excluding hydrogens is 418 g/mol. The average molecular weight is 440 g/mol. The van der Waals surface area contributed by atoms with Crippen LogP contribution in [0.1, 0.15) is 32.7 Å². The highest BCUT2D eigenvalue weighted by Crippen LogP contribution is 2.30. The number of nitrogens with one attached hydrogen (secondary N) is 1. The predicted octanol–water partition coefficient (Wildman–Crippen LogP) is 5.39. The van der Waals surface area contributed by atoms with E-state index in [1.165, 1.54) is 5.56 Å². The van der Waals surface area contributed by atoms with Gasteiger partial charge in [0.15, 0.2) is 10.7 Å². The molecule has 6 heteroatoms. The molecule has 0 radical (unpaired) electrons. The number of rotatable bonds is 6. The van der Waals surface area contributed by atoms with Gasteiger partial charge in [0.25, 0.3) is 5.91 Å². The molecule has 3 aromatic carbocycles. The number of aryl methyl sites for hydroxylation is 1. The molecule has 158 valence electrons. The maximum atomic E-state index is 12.7. The molecule has 5 nitrogen and oxygen atoms in total. The molecule has 0 aliphatic rings. The minimum absolute atomic E-state index is 0.109. The van der Waals surface area contributed by atoms with Crippen molar-refractivity contribution in [2.24, 2.45) is 0 Å². The van der Waals surface area contributed by atoms with E-state index < -0.39 is 0 Å². The van der Waals surface area contributed by atoms with Crippen LogP contribution in [0, 0.1) is 0 Å². The van der Waals surface area contributed by atoms with Crippen LogP contribution in [-0.2, 0) is 6.42 Å². The number of imidazole rings is 1. The number of nitrogens with zero attached hydrogens (tertiary/aromatic N) is 2. The number of thiazole rings is 1. The monoisotopic (exact) mass is 439 g/mol. The number of carbonyl (C=O) groups is 2. The molecule has 0 bridgehead atoms. The normalized spacial score (nSPS) is 11.2. The second-order valence-electron chi connectivity index (χ2n) is 7.63. The zero-order chi connectivity index (χ0) is 22.1. The van der Waals surface area contributed by atoms with E-state index in [1.54, 1.807) is 30.5 Å². The maximum absolute atomic E-state index is 12.7. The quantitative estimate of drug-likeness (QED) is 0.361. The smallest absolute Gasteiger partial charge is 0.251 e. The zero-order valence-electron chi connectivity index (χ0n) is 17.5. The lowest BCUT2D eigenvalue weighted by atomic mass is 10.0. The van der Waals surface area contributed by atoms with Crippen LogP contribution in [0.4, 0.5) is 0 Å². The van der Waals surface area contributed by atoms with E-state index in [0.29, 0.717) is 12.0 Å². The van der Waals surface area contributed by atoms with E-state index in [2.05, 4.69) is 21.9 Å². The molecule has 0 unspecified atom stereocenters. The predicted molar refractivity (Wildman–Crippen MR) is 128 cm³/mol. The van der Waals surface area contributed by atoms with Crippen molar-refractivity contribution >= 4 is 38.2 Å². The van der Waals surface area contributed by atoms with Gasteiger partial charge in [0.1, 0.15) is 0 Å². The van der Waals surface area contributed by atoms with Crippen molar-refractivity contribution in [3.63, 3.8) is 0 Å². The van der Waals surface area contributed by atoms with Crippen LogP contribution in [0.5, 0.6) is 0 Å². The van der Waals surface area contributed by atoms with Crippen molar-refractivity contribution in [1.82, 2.24) is 14.7 Å². The number of hydrogen-bond acceptors (Lipinski definition) is 4. The van der Waals surface area contributed by atoms with Crippen LogP contribution in [0.25, 0.3) is 26.4 Å². The van der Waals surface area contributed by atoms with Crippen molar-refractivity contribution in [3.8, 4) is 11.3 Å². The zero-order valence-corrected chi connectivity index (χ0v) is 18.4. The highest BCUT2D eigenvalue weighted by atomic mass is 32.1. The molecule has 0 atom stereocenters. The second kappa shape index (κ2) is 8.40. The lowest BCUT2D eigenvalue weighted by Gasteiger charge is -2.02. The number of hydrogen-bond donors (Lipinski definition) is 1. The van der Waals surface area contributed by atoms with Gasteiger partial charge in [0.05, 0.1) is 15.9 Å². The van der Waals surface area contributed by atoms with Gasteiger partial charge < -0.3 is 5.32 Å². The Labute approximate surface area is 189 Å². The van der Waals surface area contributed by atoms with Crippen molar-refractivity contribution in [3.05, 3.63) is 95.7 Å². The van der Waals surface area contributed by atoms with Gasteiger partial charge >= 0.3 is 0 Å². The Morgan fingerprint density at radius 1 is 0.969 bits per heavy atom. The minimum Gasteiger partial charge on any atom is -0.355 e. The molecule has 0 fully saturated rings. The second-order valence-corrected chi connectivity index (χ2v) is 8.64. The third-order valence-corrected chi connectivity index (χ3v) is 6.59. The van der Waals surface area contributed by atoms with Crippen LogP contribution in [0.15, 0.2) is 79.0 Å². The fourth-order valence-electron chi connectivity index (χ4n) is 3.80. The summed E-state index contributed by atoms with van der Waals surface area (Å²) in [6.45, 7) is 0. The third-order valence-electron chi connectivity index (χ3n) is 5.57. The fraction of sp³-hybridized carbons (Fsp3) is 0.115. The van der Waals surface area contributed by atoms with E-state index in [0.717, 1.165) is 38.4 Å². The number of fused-ring (bicyclic) bond motifs is 3. The largest absolute Gasteiger partial charge is 0.355 e. The first-order valence-electron chi connectivity index (χ1n) is 10.4. The summed E-state index contributed by atoms with van der Waals surface area (Å²) in [5.74, 6) is 0.0428. The first-order chi connectivity index (χ1) is 15.6. The summed E-state index contributed by atoms with van der Waals surface area (Å²) < 4.78 is 3.10. The Morgan fingerprint density at radius 2 is 1.72 bits per heavy atom. The molecule has 0 saturated carbocycles. The molecule has 2 heterocycles. The number of amides is 1. The van der Waals surface area contributed by atoms with Crippen LogP contribution in [0.3, 0.4) is 0 Å². The Bertz CT molecular complexity index is 1430.